The van der Waals surface area contributed by atoms with Crippen LogP contribution in [0.4, 0.5) is 5.95 Å². The largest absolute Gasteiger partial charge is 0.396 e. The van der Waals surface area contributed by atoms with Crippen LogP contribution >= 0.6 is 11.3 Å². The molecule has 0 aliphatic carbocycles. The zero-order valence-corrected chi connectivity index (χ0v) is 16.4. The Morgan fingerprint density at radius 2 is 2.11 bits per heavy atom. The van der Waals surface area contributed by atoms with Gasteiger partial charge in [-0.1, -0.05) is 0 Å². The molecule has 2 aromatic rings. The van der Waals surface area contributed by atoms with E-state index < -0.39 is 0 Å². The number of hydrogen-bond acceptors (Lipinski definition) is 10. The smallest absolute Gasteiger partial charge is 0.270 e. The summed E-state index contributed by atoms with van der Waals surface area (Å²) in [5.74, 6) is -0.221. The van der Waals surface area contributed by atoms with Crippen LogP contribution in [0.2, 0.25) is 0 Å². The summed E-state index contributed by atoms with van der Waals surface area (Å²) in [5, 5.41) is 33.8. The Kier molecular flexibility index (Phi) is 7.68. The highest BCUT2D eigenvalue weighted by atomic mass is 32.1. The third-order valence-corrected chi connectivity index (χ3v) is 5.23. The lowest BCUT2D eigenvalue weighted by Crippen LogP contribution is -2.45. The first-order chi connectivity index (χ1) is 13.7. The molecule has 1 amide bonds. The molecule has 2 aromatic heterocycles. The number of nitrogens with zero attached hydrogens (tertiary/aromatic N) is 5. The highest BCUT2D eigenvalue weighted by molar-refractivity contribution is 7.12. The lowest BCUT2D eigenvalue weighted by molar-refractivity contribution is 0.0917. The molecule has 0 unspecified atom stereocenters. The van der Waals surface area contributed by atoms with Crippen molar-refractivity contribution in [2.75, 3.05) is 64.3 Å². The fraction of sp³-hybridized carbons (Fsp3) is 0.625. The first-order valence-electron chi connectivity index (χ1n) is 9.24. The number of thiazole rings is 1. The molecule has 0 saturated carbocycles. The van der Waals surface area contributed by atoms with E-state index in [1.807, 2.05) is 0 Å². The second kappa shape index (κ2) is 10.4. The molecule has 3 rings (SSSR count). The Balaban J connectivity index is 1.48. The van der Waals surface area contributed by atoms with E-state index in [1.165, 1.54) is 16.0 Å². The molecule has 1 aliphatic rings. The molecular weight excluding hydrogens is 384 g/mol. The standard InChI is InChI=1S/C16H26N8O3S/c25-8-12(9-26)7-19-14(27)13-10-28-16(21-13)24-11-20-15(22-24)18-3-6-23-4-1-17-2-5-23/h10-12,17,25-26H,1-9H2,(H,18,22)(H,19,27). The number of amides is 1. The molecule has 0 bridgehead atoms. The Morgan fingerprint density at radius 1 is 1.32 bits per heavy atom. The monoisotopic (exact) mass is 410 g/mol. The average molecular weight is 411 g/mol. The molecule has 0 atom stereocenters. The van der Waals surface area contributed by atoms with E-state index in [4.69, 9.17) is 10.2 Å². The van der Waals surface area contributed by atoms with Gasteiger partial charge in [0.25, 0.3) is 5.91 Å². The number of aliphatic hydroxyl groups excluding tert-OH is 2. The van der Waals surface area contributed by atoms with E-state index in [1.54, 1.807) is 11.7 Å². The molecule has 1 fully saturated rings. The molecule has 154 valence electrons. The molecule has 5 N–H and O–H groups in total. The van der Waals surface area contributed by atoms with Crippen molar-refractivity contribution in [1.82, 2.24) is 35.3 Å². The number of aliphatic hydroxyl groups is 2. The van der Waals surface area contributed by atoms with Crippen LogP contribution < -0.4 is 16.0 Å². The number of aromatic nitrogens is 4. The summed E-state index contributed by atoms with van der Waals surface area (Å²) in [5.41, 5.74) is 0.262. The number of rotatable bonds is 10. The van der Waals surface area contributed by atoms with E-state index >= 15 is 0 Å². The van der Waals surface area contributed by atoms with Gasteiger partial charge in [0, 0.05) is 70.3 Å². The Labute approximate surface area is 166 Å². The van der Waals surface area contributed by atoms with Gasteiger partial charge in [0.2, 0.25) is 11.1 Å². The van der Waals surface area contributed by atoms with Crippen LogP contribution in [-0.4, -0.2) is 99.8 Å². The fourth-order valence-electron chi connectivity index (χ4n) is 2.69. The summed E-state index contributed by atoms with van der Waals surface area (Å²) in [7, 11) is 0. The third kappa shape index (κ3) is 5.69. The molecule has 28 heavy (non-hydrogen) atoms. The van der Waals surface area contributed by atoms with E-state index in [0.717, 1.165) is 39.3 Å². The van der Waals surface area contributed by atoms with E-state index in [-0.39, 0.29) is 37.3 Å². The maximum absolute atomic E-state index is 12.1. The number of nitrogens with one attached hydrogen (secondary N) is 3. The van der Waals surface area contributed by atoms with Crippen molar-refractivity contribution in [3.63, 3.8) is 0 Å². The second-order valence-corrected chi connectivity index (χ2v) is 7.32. The topological polar surface area (TPSA) is 140 Å². The quantitative estimate of drug-likeness (QED) is 0.312. The summed E-state index contributed by atoms with van der Waals surface area (Å²) in [6, 6.07) is 0. The van der Waals surface area contributed by atoms with Crippen LogP contribution in [0, 0.1) is 5.92 Å². The van der Waals surface area contributed by atoms with Crippen molar-refractivity contribution >= 4 is 23.2 Å². The summed E-state index contributed by atoms with van der Waals surface area (Å²) >= 11 is 1.28. The van der Waals surface area contributed by atoms with Crippen LogP contribution in [0.3, 0.4) is 0 Å². The highest BCUT2D eigenvalue weighted by Crippen LogP contribution is 2.14. The number of carbonyl (C=O) groups excluding carboxylic acids is 1. The highest BCUT2D eigenvalue weighted by Gasteiger charge is 2.15. The average Bonchev–Trinajstić information content (AvgIpc) is 3.39. The van der Waals surface area contributed by atoms with Crippen LogP contribution in [0.1, 0.15) is 10.5 Å². The van der Waals surface area contributed by atoms with Gasteiger partial charge in [0.05, 0.1) is 0 Å². The second-order valence-electron chi connectivity index (χ2n) is 6.49. The zero-order chi connectivity index (χ0) is 19.8. The number of anilines is 1. The SMILES string of the molecule is O=C(NCC(CO)CO)c1csc(-n2cnc(NCCN3CCNCC3)n2)n1. The summed E-state index contributed by atoms with van der Waals surface area (Å²) < 4.78 is 1.53. The predicted molar refractivity (Wildman–Crippen MR) is 105 cm³/mol. The van der Waals surface area contributed by atoms with Crippen LogP contribution in [-0.2, 0) is 0 Å². The van der Waals surface area contributed by atoms with Crippen molar-refractivity contribution in [2.24, 2.45) is 5.92 Å². The maximum Gasteiger partial charge on any atom is 0.270 e. The first-order valence-corrected chi connectivity index (χ1v) is 10.1. The van der Waals surface area contributed by atoms with Crippen molar-refractivity contribution in [2.45, 2.75) is 0 Å². The van der Waals surface area contributed by atoms with Gasteiger partial charge in [-0.3, -0.25) is 9.69 Å². The fourth-order valence-corrected chi connectivity index (χ4v) is 3.41. The number of piperazine rings is 1. The molecule has 0 aromatic carbocycles. The molecule has 3 heterocycles. The van der Waals surface area contributed by atoms with Gasteiger partial charge in [-0.15, -0.1) is 16.4 Å². The normalized spacial score (nSPS) is 15.1. The lowest BCUT2D eigenvalue weighted by Gasteiger charge is -2.26. The summed E-state index contributed by atoms with van der Waals surface area (Å²) in [6.07, 6.45) is 1.56. The van der Waals surface area contributed by atoms with Gasteiger partial charge in [0.15, 0.2) is 0 Å². The van der Waals surface area contributed by atoms with Gasteiger partial charge >= 0.3 is 0 Å². The Hall–Kier alpha value is -2.12. The molecule has 0 spiro atoms. The van der Waals surface area contributed by atoms with Gasteiger partial charge in [0.1, 0.15) is 12.0 Å². The van der Waals surface area contributed by atoms with Gasteiger partial charge in [-0.2, -0.15) is 4.68 Å². The number of hydrogen-bond donors (Lipinski definition) is 5. The van der Waals surface area contributed by atoms with Gasteiger partial charge in [-0.25, -0.2) is 9.97 Å². The van der Waals surface area contributed by atoms with Gasteiger partial charge in [-0.05, 0) is 0 Å². The minimum atomic E-state index is -0.382. The zero-order valence-electron chi connectivity index (χ0n) is 15.5. The van der Waals surface area contributed by atoms with Crippen molar-refractivity contribution in [1.29, 1.82) is 0 Å². The minimum absolute atomic E-state index is 0.184. The summed E-state index contributed by atoms with van der Waals surface area (Å²) in [4.78, 5) is 23.0. The first kappa shape index (κ1) is 20.6. The van der Waals surface area contributed by atoms with Gasteiger partial charge < -0.3 is 26.2 Å². The van der Waals surface area contributed by atoms with E-state index in [9.17, 15) is 4.79 Å². The van der Waals surface area contributed by atoms with Crippen LogP contribution in [0.15, 0.2) is 11.7 Å². The van der Waals surface area contributed by atoms with Crippen molar-refractivity contribution in [3.05, 3.63) is 17.4 Å². The maximum atomic E-state index is 12.1. The van der Waals surface area contributed by atoms with Crippen LogP contribution in [0.5, 0.6) is 0 Å². The predicted octanol–water partition coefficient (Wildman–Crippen LogP) is -1.63. The molecule has 1 saturated heterocycles. The van der Waals surface area contributed by atoms with E-state index in [2.05, 4.69) is 35.9 Å². The molecule has 11 nitrogen and oxygen atoms in total. The van der Waals surface area contributed by atoms with Crippen molar-refractivity contribution < 1.29 is 15.0 Å². The molecular formula is C16H26N8O3S. The molecule has 12 heteroatoms. The molecule has 1 aliphatic heterocycles. The Morgan fingerprint density at radius 3 is 2.86 bits per heavy atom. The number of carbonyl (C=O) groups is 1. The summed E-state index contributed by atoms with van der Waals surface area (Å²) in [6.45, 7) is 5.62. The minimum Gasteiger partial charge on any atom is -0.396 e. The Bertz CT molecular complexity index is 742. The third-order valence-electron chi connectivity index (χ3n) is 4.40. The lowest BCUT2D eigenvalue weighted by atomic mass is 10.2. The van der Waals surface area contributed by atoms with Crippen molar-refractivity contribution in [3.8, 4) is 5.13 Å². The van der Waals surface area contributed by atoms with E-state index in [0.29, 0.717) is 11.1 Å². The molecule has 0 radical (unpaired) electrons. The van der Waals surface area contributed by atoms with Crippen LogP contribution in [0.25, 0.3) is 5.13 Å².